The summed E-state index contributed by atoms with van der Waals surface area (Å²) in [5.41, 5.74) is 2.03. The van der Waals surface area contributed by atoms with Crippen molar-refractivity contribution in [3.8, 4) is 17.1 Å². The van der Waals surface area contributed by atoms with Crippen LogP contribution in [0.25, 0.3) is 11.3 Å². The molecule has 0 aliphatic carbocycles. The predicted octanol–water partition coefficient (Wildman–Crippen LogP) is 3.50. The number of ether oxygens (including phenoxy) is 1. The molecule has 0 saturated carbocycles. The number of oxazole rings is 1. The van der Waals surface area contributed by atoms with E-state index in [9.17, 15) is 9.59 Å². The Morgan fingerprint density at radius 2 is 1.93 bits per heavy atom. The van der Waals surface area contributed by atoms with E-state index in [1.54, 1.807) is 66.4 Å². The first-order valence-electron chi connectivity index (χ1n) is 8.98. The van der Waals surface area contributed by atoms with Gasteiger partial charge in [0.05, 0.1) is 19.2 Å². The zero-order chi connectivity index (χ0) is 20.2. The molecule has 1 fully saturated rings. The molecule has 1 unspecified atom stereocenters. The molecule has 1 aromatic heterocycles. The van der Waals surface area contributed by atoms with Crippen molar-refractivity contribution in [2.24, 2.45) is 0 Å². The minimum absolute atomic E-state index is 0.172. The molecular weight excluding hydrogens is 390 g/mol. The van der Waals surface area contributed by atoms with Gasteiger partial charge in [-0.3, -0.25) is 9.59 Å². The van der Waals surface area contributed by atoms with Gasteiger partial charge in [0.1, 0.15) is 11.8 Å². The molecular formula is C21H19N3O4S. The van der Waals surface area contributed by atoms with Crippen molar-refractivity contribution >= 4 is 29.3 Å². The molecule has 4 rings (SSSR count). The third-order valence-electron chi connectivity index (χ3n) is 4.65. The van der Waals surface area contributed by atoms with E-state index in [1.807, 2.05) is 12.1 Å². The van der Waals surface area contributed by atoms with Crippen LogP contribution in [0, 0.1) is 0 Å². The monoisotopic (exact) mass is 409 g/mol. The van der Waals surface area contributed by atoms with Crippen molar-refractivity contribution in [2.45, 2.75) is 6.04 Å². The number of aromatic nitrogens is 1. The largest absolute Gasteiger partial charge is 0.497 e. The molecule has 2 heterocycles. The second kappa shape index (κ2) is 8.40. The molecule has 1 N–H and O–H groups in total. The minimum atomic E-state index is -0.524. The zero-order valence-electron chi connectivity index (χ0n) is 15.7. The molecule has 3 aromatic rings. The highest BCUT2D eigenvalue weighted by Gasteiger charge is 2.35. The van der Waals surface area contributed by atoms with Crippen molar-refractivity contribution in [1.29, 1.82) is 0 Å². The van der Waals surface area contributed by atoms with E-state index in [4.69, 9.17) is 9.15 Å². The van der Waals surface area contributed by atoms with Gasteiger partial charge in [-0.2, -0.15) is 0 Å². The minimum Gasteiger partial charge on any atom is -0.497 e. The number of thioether (sulfide) groups is 1. The lowest BCUT2D eigenvalue weighted by atomic mass is 10.1. The Labute approximate surface area is 172 Å². The highest BCUT2D eigenvalue weighted by Crippen LogP contribution is 2.26. The molecule has 2 amide bonds. The van der Waals surface area contributed by atoms with Crippen LogP contribution < -0.4 is 10.1 Å². The fourth-order valence-corrected chi connectivity index (χ4v) is 4.22. The lowest BCUT2D eigenvalue weighted by Gasteiger charge is -2.23. The fourth-order valence-electron chi connectivity index (χ4n) is 3.06. The number of nitrogens with one attached hydrogen (secondary N) is 1. The number of hydrogen-bond donors (Lipinski definition) is 1. The molecule has 1 aliphatic heterocycles. The Balaban J connectivity index is 1.45. The van der Waals surface area contributed by atoms with E-state index in [1.165, 1.54) is 6.39 Å². The number of rotatable bonds is 5. The summed E-state index contributed by atoms with van der Waals surface area (Å²) in [6, 6.07) is 13.7. The van der Waals surface area contributed by atoms with Crippen LogP contribution in [0.5, 0.6) is 5.75 Å². The zero-order valence-corrected chi connectivity index (χ0v) is 16.5. The van der Waals surface area contributed by atoms with E-state index in [0.717, 1.165) is 5.56 Å². The summed E-state index contributed by atoms with van der Waals surface area (Å²) in [6.07, 6.45) is 2.98. The molecule has 1 atom stereocenters. The third kappa shape index (κ3) is 4.12. The Morgan fingerprint density at radius 3 is 2.59 bits per heavy atom. The number of benzene rings is 2. The van der Waals surface area contributed by atoms with Gasteiger partial charge in [0.25, 0.3) is 5.91 Å². The normalized spacial score (nSPS) is 15.9. The van der Waals surface area contributed by atoms with E-state index in [2.05, 4.69) is 10.3 Å². The number of nitrogens with zero attached hydrogens (tertiary/aromatic N) is 2. The van der Waals surface area contributed by atoms with E-state index in [0.29, 0.717) is 34.4 Å². The molecule has 0 bridgehead atoms. The van der Waals surface area contributed by atoms with Crippen molar-refractivity contribution in [3.63, 3.8) is 0 Å². The molecule has 8 heteroatoms. The van der Waals surface area contributed by atoms with Crippen molar-refractivity contribution in [3.05, 3.63) is 66.7 Å². The predicted molar refractivity (Wildman–Crippen MR) is 111 cm³/mol. The maximum Gasteiger partial charge on any atom is 0.255 e. The summed E-state index contributed by atoms with van der Waals surface area (Å²) < 4.78 is 10.4. The van der Waals surface area contributed by atoms with E-state index in [-0.39, 0.29) is 11.8 Å². The highest BCUT2D eigenvalue weighted by atomic mass is 32.2. The Kier molecular flexibility index (Phi) is 5.53. The first-order valence-corrected chi connectivity index (χ1v) is 10.1. The Morgan fingerprint density at radius 1 is 1.17 bits per heavy atom. The van der Waals surface area contributed by atoms with Gasteiger partial charge < -0.3 is 19.4 Å². The van der Waals surface area contributed by atoms with Crippen molar-refractivity contribution in [2.75, 3.05) is 24.1 Å². The number of carbonyl (C=O) groups is 2. The summed E-state index contributed by atoms with van der Waals surface area (Å²) in [6.45, 7) is 0. The van der Waals surface area contributed by atoms with Crippen LogP contribution in [0.1, 0.15) is 10.4 Å². The number of hydrogen-bond acceptors (Lipinski definition) is 6. The summed E-state index contributed by atoms with van der Waals surface area (Å²) in [5.74, 6) is 2.01. The maximum absolute atomic E-state index is 13.0. The summed E-state index contributed by atoms with van der Waals surface area (Å²) in [7, 11) is 1.59. The average Bonchev–Trinajstić information content (AvgIpc) is 3.46. The van der Waals surface area contributed by atoms with Gasteiger partial charge in [0.15, 0.2) is 12.2 Å². The maximum atomic E-state index is 13.0. The van der Waals surface area contributed by atoms with E-state index >= 15 is 0 Å². The molecule has 0 spiro atoms. The first kappa shape index (κ1) is 19.1. The van der Waals surface area contributed by atoms with Crippen LogP contribution in [-0.4, -0.2) is 46.5 Å². The Hall–Kier alpha value is -3.26. The van der Waals surface area contributed by atoms with Gasteiger partial charge in [0, 0.05) is 22.6 Å². The molecule has 2 aromatic carbocycles. The molecule has 1 aliphatic rings. The molecule has 148 valence electrons. The lowest BCUT2D eigenvalue weighted by Crippen LogP contribution is -2.44. The summed E-state index contributed by atoms with van der Waals surface area (Å²) in [5, 5.41) is 2.88. The molecule has 29 heavy (non-hydrogen) atoms. The van der Waals surface area contributed by atoms with Gasteiger partial charge >= 0.3 is 0 Å². The van der Waals surface area contributed by atoms with Gasteiger partial charge in [-0.05, 0) is 36.4 Å². The van der Waals surface area contributed by atoms with Crippen molar-refractivity contribution < 1.29 is 18.7 Å². The smallest absolute Gasteiger partial charge is 0.255 e. The third-order valence-corrected chi connectivity index (χ3v) is 5.66. The second-order valence-corrected chi connectivity index (χ2v) is 7.45. The highest BCUT2D eigenvalue weighted by molar-refractivity contribution is 7.99. The summed E-state index contributed by atoms with van der Waals surface area (Å²) >= 11 is 1.56. The quantitative estimate of drug-likeness (QED) is 0.694. The average molecular weight is 409 g/mol. The number of carbonyl (C=O) groups excluding carboxylic acids is 2. The number of methoxy groups -OCH3 is 1. The molecule has 1 saturated heterocycles. The molecule has 7 nitrogen and oxygen atoms in total. The van der Waals surface area contributed by atoms with E-state index < -0.39 is 6.04 Å². The van der Waals surface area contributed by atoms with Gasteiger partial charge in [-0.15, -0.1) is 11.8 Å². The SMILES string of the molecule is COc1ccc(NC(=O)C2CSCN2C(=O)c2ccc(-c3cnco3)cc2)cc1. The van der Waals surface area contributed by atoms with Gasteiger partial charge in [0.2, 0.25) is 5.91 Å². The van der Waals surface area contributed by atoms with Crippen LogP contribution in [0.2, 0.25) is 0 Å². The van der Waals surface area contributed by atoms with Crippen molar-refractivity contribution in [1.82, 2.24) is 9.88 Å². The number of amides is 2. The van der Waals surface area contributed by atoms with Crippen LogP contribution in [-0.2, 0) is 4.79 Å². The van der Waals surface area contributed by atoms with Crippen LogP contribution in [0.4, 0.5) is 5.69 Å². The summed E-state index contributed by atoms with van der Waals surface area (Å²) in [4.78, 5) is 31.2. The second-order valence-electron chi connectivity index (χ2n) is 6.45. The first-order chi connectivity index (χ1) is 14.2. The van der Waals surface area contributed by atoms with Crippen LogP contribution >= 0.6 is 11.8 Å². The van der Waals surface area contributed by atoms with Gasteiger partial charge in [-0.1, -0.05) is 12.1 Å². The number of anilines is 1. The lowest BCUT2D eigenvalue weighted by molar-refractivity contribution is -0.119. The van der Waals surface area contributed by atoms with Gasteiger partial charge in [-0.25, -0.2) is 4.98 Å². The molecule has 0 radical (unpaired) electrons. The topological polar surface area (TPSA) is 84.7 Å². The van der Waals surface area contributed by atoms with Crippen LogP contribution in [0.15, 0.2) is 65.5 Å². The Bertz CT molecular complexity index is 988. The fraction of sp³-hybridized carbons (Fsp3) is 0.190. The van der Waals surface area contributed by atoms with Crippen LogP contribution in [0.3, 0.4) is 0 Å². The standard InChI is InChI=1S/C21H19N3O4S/c1-27-17-8-6-16(7-9-17)23-20(25)18-11-29-13-24(18)21(26)15-4-2-14(3-5-15)19-10-22-12-28-19/h2-10,12,18H,11,13H2,1H3,(H,23,25).